The SMILES string of the molecule is CC[C@H](N)c1ccccc1N1c2ccccc2CC1C. The van der Waals surface area contributed by atoms with Crippen LogP contribution in [0.3, 0.4) is 0 Å². The normalized spacial score (nSPS) is 18.9. The first-order valence-corrected chi connectivity index (χ1v) is 7.44. The Balaban J connectivity index is 2.10. The van der Waals surface area contributed by atoms with E-state index in [0.717, 1.165) is 12.8 Å². The van der Waals surface area contributed by atoms with Gasteiger partial charge in [0.2, 0.25) is 0 Å². The van der Waals surface area contributed by atoms with Crippen LogP contribution in [-0.4, -0.2) is 6.04 Å². The molecule has 3 rings (SSSR count). The summed E-state index contributed by atoms with van der Waals surface area (Å²) in [5.41, 5.74) is 11.6. The van der Waals surface area contributed by atoms with E-state index in [1.165, 1.54) is 22.5 Å². The molecule has 1 aliphatic heterocycles. The lowest BCUT2D eigenvalue weighted by Crippen LogP contribution is -2.26. The second-order valence-electron chi connectivity index (χ2n) is 5.63. The molecule has 2 aromatic carbocycles. The fourth-order valence-electron chi connectivity index (χ4n) is 3.17. The number of nitrogens with two attached hydrogens (primary N) is 1. The fourth-order valence-corrected chi connectivity index (χ4v) is 3.17. The van der Waals surface area contributed by atoms with Gasteiger partial charge in [-0.05, 0) is 43.0 Å². The molecule has 0 aliphatic carbocycles. The lowest BCUT2D eigenvalue weighted by molar-refractivity contribution is 0.687. The molecule has 2 heteroatoms. The third kappa shape index (κ3) is 2.10. The Bertz CT molecular complexity index is 606. The van der Waals surface area contributed by atoms with Gasteiger partial charge in [-0.25, -0.2) is 0 Å². The van der Waals surface area contributed by atoms with Crippen molar-refractivity contribution in [1.29, 1.82) is 0 Å². The molecule has 0 saturated carbocycles. The van der Waals surface area contributed by atoms with Crippen LogP contribution in [0.5, 0.6) is 0 Å². The maximum absolute atomic E-state index is 6.30. The number of para-hydroxylation sites is 2. The molecule has 0 fully saturated rings. The third-order valence-electron chi connectivity index (χ3n) is 4.24. The maximum atomic E-state index is 6.30. The van der Waals surface area contributed by atoms with E-state index in [0.29, 0.717) is 6.04 Å². The zero-order valence-electron chi connectivity index (χ0n) is 12.2. The van der Waals surface area contributed by atoms with Crippen molar-refractivity contribution in [3.05, 3.63) is 59.7 Å². The van der Waals surface area contributed by atoms with Gasteiger partial charge in [0.1, 0.15) is 0 Å². The van der Waals surface area contributed by atoms with E-state index in [2.05, 4.69) is 67.3 Å². The van der Waals surface area contributed by atoms with Gasteiger partial charge in [-0.3, -0.25) is 0 Å². The van der Waals surface area contributed by atoms with Crippen molar-refractivity contribution in [2.24, 2.45) is 5.73 Å². The quantitative estimate of drug-likeness (QED) is 0.903. The first-order chi connectivity index (χ1) is 9.72. The summed E-state index contributed by atoms with van der Waals surface area (Å²) in [6, 6.07) is 17.8. The van der Waals surface area contributed by atoms with E-state index >= 15 is 0 Å². The van der Waals surface area contributed by atoms with Gasteiger partial charge in [-0.15, -0.1) is 0 Å². The van der Waals surface area contributed by atoms with Crippen molar-refractivity contribution in [2.75, 3.05) is 4.90 Å². The lowest BCUT2D eigenvalue weighted by atomic mass is 10.0. The van der Waals surface area contributed by atoms with Gasteiger partial charge < -0.3 is 10.6 Å². The van der Waals surface area contributed by atoms with Gasteiger partial charge in [0.15, 0.2) is 0 Å². The summed E-state index contributed by atoms with van der Waals surface area (Å²) in [5, 5.41) is 0. The van der Waals surface area contributed by atoms with Gasteiger partial charge in [0, 0.05) is 23.5 Å². The Labute approximate surface area is 121 Å². The number of hydrogen-bond acceptors (Lipinski definition) is 2. The number of nitrogens with zero attached hydrogens (tertiary/aromatic N) is 1. The van der Waals surface area contributed by atoms with Crippen LogP contribution in [0.2, 0.25) is 0 Å². The minimum atomic E-state index is 0.103. The van der Waals surface area contributed by atoms with Crippen molar-refractivity contribution in [3.8, 4) is 0 Å². The Hall–Kier alpha value is -1.80. The summed E-state index contributed by atoms with van der Waals surface area (Å²) in [6.45, 7) is 4.43. The first kappa shape index (κ1) is 13.2. The standard InChI is InChI=1S/C18H22N2/c1-3-16(19)15-9-5-7-11-18(15)20-13(2)12-14-8-4-6-10-17(14)20/h4-11,13,16H,3,12,19H2,1-2H3/t13?,16-/m0/s1. The minimum absolute atomic E-state index is 0.103. The summed E-state index contributed by atoms with van der Waals surface area (Å²) >= 11 is 0. The van der Waals surface area contributed by atoms with Crippen LogP contribution in [0.25, 0.3) is 0 Å². The smallest absolute Gasteiger partial charge is 0.0461 e. The predicted molar refractivity (Wildman–Crippen MR) is 85.4 cm³/mol. The second-order valence-corrected chi connectivity index (χ2v) is 5.63. The average Bonchev–Trinajstić information content (AvgIpc) is 2.82. The summed E-state index contributed by atoms with van der Waals surface area (Å²) in [5.74, 6) is 0. The Kier molecular flexibility index (Phi) is 3.49. The molecule has 2 N–H and O–H groups in total. The summed E-state index contributed by atoms with van der Waals surface area (Å²) in [4.78, 5) is 2.44. The molecule has 2 atom stereocenters. The van der Waals surface area contributed by atoms with Gasteiger partial charge in [-0.1, -0.05) is 43.3 Å². The maximum Gasteiger partial charge on any atom is 0.0461 e. The van der Waals surface area contributed by atoms with E-state index in [9.17, 15) is 0 Å². The predicted octanol–water partition coefficient (Wildman–Crippen LogP) is 4.18. The van der Waals surface area contributed by atoms with Gasteiger partial charge >= 0.3 is 0 Å². The summed E-state index contributed by atoms with van der Waals surface area (Å²) in [6.07, 6.45) is 2.06. The van der Waals surface area contributed by atoms with E-state index in [1.54, 1.807) is 0 Å². The highest BCUT2D eigenvalue weighted by molar-refractivity contribution is 5.73. The van der Waals surface area contributed by atoms with Crippen LogP contribution < -0.4 is 10.6 Å². The van der Waals surface area contributed by atoms with Crippen LogP contribution in [0.4, 0.5) is 11.4 Å². The topological polar surface area (TPSA) is 29.3 Å². The van der Waals surface area contributed by atoms with Crippen LogP contribution in [-0.2, 0) is 6.42 Å². The number of hydrogen-bond donors (Lipinski definition) is 1. The molecule has 1 unspecified atom stereocenters. The molecule has 0 saturated heterocycles. The second kappa shape index (κ2) is 5.29. The van der Waals surface area contributed by atoms with E-state index in [1.807, 2.05) is 0 Å². The van der Waals surface area contributed by atoms with Gasteiger partial charge in [0.25, 0.3) is 0 Å². The highest BCUT2D eigenvalue weighted by atomic mass is 15.2. The van der Waals surface area contributed by atoms with Crippen LogP contribution in [0.1, 0.15) is 37.4 Å². The largest absolute Gasteiger partial charge is 0.338 e. The Morgan fingerprint density at radius 1 is 1.10 bits per heavy atom. The molecule has 2 aromatic rings. The highest BCUT2D eigenvalue weighted by Crippen LogP contribution is 2.40. The number of fused-ring (bicyclic) bond motifs is 1. The molecule has 1 heterocycles. The van der Waals surface area contributed by atoms with Crippen molar-refractivity contribution in [3.63, 3.8) is 0 Å². The van der Waals surface area contributed by atoms with E-state index in [4.69, 9.17) is 5.73 Å². The lowest BCUT2D eigenvalue weighted by Gasteiger charge is -2.29. The monoisotopic (exact) mass is 266 g/mol. The molecule has 0 bridgehead atoms. The molecule has 20 heavy (non-hydrogen) atoms. The van der Waals surface area contributed by atoms with Gasteiger partial charge in [0.05, 0.1) is 0 Å². The van der Waals surface area contributed by atoms with Crippen LogP contribution in [0, 0.1) is 0 Å². The number of benzene rings is 2. The van der Waals surface area contributed by atoms with Crippen molar-refractivity contribution < 1.29 is 0 Å². The molecule has 2 nitrogen and oxygen atoms in total. The average molecular weight is 266 g/mol. The summed E-state index contributed by atoms with van der Waals surface area (Å²) in [7, 11) is 0. The molecule has 0 aromatic heterocycles. The minimum Gasteiger partial charge on any atom is -0.338 e. The zero-order chi connectivity index (χ0) is 14.1. The van der Waals surface area contributed by atoms with Gasteiger partial charge in [-0.2, -0.15) is 0 Å². The molecule has 104 valence electrons. The third-order valence-corrected chi connectivity index (χ3v) is 4.24. The van der Waals surface area contributed by atoms with E-state index < -0.39 is 0 Å². The molecular formula is C18H22N2. The molecule has 0 radical (unpaired) electrons. The molecule has 0 amide bonds. The number of anilines is 2. The van der Waals surface area contributed by atoms with Crippen molar-refractivity contribution >= 4 is 11.4 Å². The highest BCUT2D eigenvalue weighted by Gasteiger charge is 2.28. The van der Waals surface area contributed by atoms with Crippen LogP contribution in [0.15, 0.2) is 48.5 Å². The summed E-state index contributed by atoms with van der Waals surface area (Å²) < 4.78 is 0. The number of rotatable bonds is 3. The Morgan fingerprint density at radius 3 is 2.50 bits per heavy atom. The van der Waals surface area contributed by atoms with Crippen LogP contribution >= 0.6 is 0 Å². The van der Waals surface area contributed by atoms with Crippen molar-refractivity contribution in [1.82, 2.24) is 0 Å². The zero-order valence-corrected chi connectivity index (χ0v) is 12.2. The Morgan fingerprint density at radius 2 is 1.75 bits per heavy atom. The van der Waals surface area contributed by atoms with E-state index in [-0.39, 0.29) is 6.04 Å². The molecule has 0 spiro atoms. The fraction of sp³-hybridized carbons (Fsp3) is 0.333. The van der Waals surface area contributed by atoms with Crippen molar-refractivity contribution in [2.45, 2.75) is 38.8 Å². The first-order valence-electron chi connectivity index (χ1n) is 7.44. The molecule has 1 aliphatic rings. The molecular weight excluding hydrogens is 244 g/mol.